The van der Waals surface area contributed by atoms with E-state index in [1.807, 2.05) is 23.6 Å². The fourth-order valence-corrected chi connectivity index (χ4v) is 1.66. The number of nitrogens with zero attached hydrogens (tertiary/aromatic N) is 1. The first kappa shape index (κ1) is 10.4. The minimum absolute atomic E-state index is 0.0704. The van der Waals surface area contributed by atoms with Gasteiger partial charge in [-0.2, -0.15) is 0 Å². The van der Waals surface area contributed by atoms with Crippen LogP contribution in [0.15, 0.2) is 24.3 Å². The van der Waals surface area contributed by atoms with Gasteiger partial charge in [-0.3, -0.25) is 15.0 Å². The molecule has 1 heterocycles. The summed E-state index contributed by atoms with van der Waals surface area (Å²) in [5.74, 6) is 4.55. The lowest BCUT2D eigenvalue weighted by molar-refractivity contribution is -0.119. The maximum atomic E-state index is 11.4. The van der Waals surface area contributed by atoms with Crippen molar-refractivity contribution in [1.29, 1.82) is 0 Å². The minimum Gasteiger partial charge on any atom is -0.351 e. The second kappa shape index (κ2) is 4.19. The first-order valence-corrected chi connectivity index (χ1v) is 4.84. The van der Waals surface area contributed by atoms with Crippen molar-refractivity contribution in [3.63, 3.8) is 0 Å². The average molecular weight is 220 g/mol. The Kier molecular flexibility index (Phi) is 2.74. The smallest absolute Gasteiger partial charge is 0.253 e. The number of hydrogen-bond acceptors (Lipinski definition) is 4. The van der Waals surface area contributed by atoms with E-state index in [1.54, 1.807) is 11.0 Å². The summed E-state index contributed by atoms with van der Waals surface area (Å²) in [5.41, 5.74) is 3.58. The lowest BCUT2D eigenvalue weighted by Gasteiger charge is -2.29. The van der Waals surface area contributed by atoms with Crippen LogP contribution >= 0.6 is 0 Å². The van der Waals surface area contributed by atoms with E-state index in [-0.39, 0.29) is 24.9 Å². The van der Waals surface area contributed by atoms with Crippen molar-refractivity contribution in [2.75, 3.05) is 23.3 Å². The highest BCUT2D eigenvalue weighted by molar-refractivity contribution is 6.02. The maximum absolute atomic E-state index is 11.4. The van der Waals surface area contributed by atoms with E-state index in [0.29, 0.717) is 5.69 Å². The van der Waals surface area contributed by atoms with E-state index in [2.05, 4.69) is 5.32 Å². The molecule has 0 unspecified atom stereocenters. The molecule has 2 amide bonds. The molecule has 0 aromatic heterocycles. The Bertz CT molecular complexity index is 433. The molecule has 0 fully saturated rings. The number of anilines is 2. The van der Waals surface area contributed by atoms with Gasteiger partial charge in [0.25, 0.3) is 5.91 Å². The fraction of sp³-hybridized carbons (Fsp3) is 0.200. The summed E-state index contributed by atoms with van der Waals surface area (Å²) < 4.78 is 0. The van der Waals surface area contributed by atoms with Crippen LogP contribution in [0.1, 0.15) is 0 Å². The zero-order valence-corrected chi connectivity index (χ0v) is 8.56. The van der Waals surface area contributed by atoms with Crippen molar-refractivity contribution >= 4 is 23.2 Å². The SMILES string of the molecule is NNC(=O)CN1CC(=O)Nc2ccccc21. The van der Waals surface area contributed by atoms with Crippen LogP contribution in [-0.4, -0.2) is 24.9 Å². The number of amides is 2. The normalized spacial score (nSPS) is 14.1. The minimum atomic E-state index is -0.329. The fourth-order valence-electron chi connectivity index (χ4n) is 1.66. The standard InChI is InChI=1S/C10H12N4O2/c11-13-10(16)6-14-5-9(15)12-7-3-1-2-4-8(7)14/h1-4H,5-6,11H2,(H,12,15)(H,13,16). The van der Waals surface area contributed by atoms with Gasteiger partial charge in [0.15, 0.2) is 0 Å². The summed E-state index contributed by atoms with van der Waals surface area (Å²) in [6.45, 7) is 0.228. The van der Waals surface area contributed by atoms with Crippen LogP contribution in [0.25, 0.3) is 0 Å². The zero-order chi connectivity index (χ0) is 11.5. The van der Waals surface area contributed by atoms with Gasteiger partial charge in [-0.15, -0.1) is 0 Å². The highest BCUT2D eigenvalue weighted by Crippen LogP contribution is 2.28. The highest BCUT2D eigenvalue weighted by atomic mass is 16.2. The Balaban J connectivity index is 2.26. The Morgan fingerprint density at radius 3 is 3.00 bits per heavy atom. The molecule has 1 aromatic rings. The number of rotatable bonds is 2. The molecule has 0 saturated carbocycles. The Labute approximate surface area is 92.4 Å². The molecule has 4 N–H and O–H groups in total. The molecule has 6 nitrogen and oxygen atoms in total. The van der Waals surface area contributed by atoms with Crippen LogP contribution < -0.4 is 21.5 Å². The van der Waals surface area contributed by atoms with Gasteiger partial charge >= 0.3 is 0 Å². The molecular formula is C10H12N4O2. The highest BCUT2D eigenvalue weighted by Gasteiger charge is 2.22. The molecule has 2 rings (SSSR count). The van der Waals surface area contributed by atoms with Crippen molar-refractivity contribution in [2.24, 2.45) is 5.84 Å². The third-order valence-corrected chi connectivity index (χ3v) is 2.35. The molecule has 6 heteroatoms. The Morgan fingerprint density at radius 2 is 2.25 bits per heavy atom. The number of carbonyl (C=O) groups excluding carboxylic acids is 2. The van der Waals surface area contributed by atoms with Crippen LogP contribution in [-0.2, 0) is 9.59 Å². The molecule has 0 bridgehead atoms. The lowest BCUT2D eigenvalue weighted by Crippen LogP contribution is -2.45. The van der Waals surface area contributed by atoms with E-state index in [1.165, 1.54) is 0 Å². The average Bonchev–Trinajstić information content (AvgIpc) is 2.28. The largest absolute Gasteiger partial charge is 0.351 e. The molecule has 0 atom stereocenters. The third kappa shape index (κ3) is 1.96. The van der Waals surface area contributed by atoms with Crippen molar-refractivity contribution < 1.29 is 9.59 Å². The van der Waals surface area contributed by atoms with Gasteiger partial charge in [-0.25, -0.2) is 5.84 Å². The van der Waals surface area contributed by atoms with Gasteiger partial charge in [0.1, 0.15) is 0 Å². The van der Waals surface area contributed by atoms with Gasteiger partial charge in [-0.1, -0.05) is 12.1 Å². The van der Waals surface area contributed by atoms with Crippen LogP contribution in [0, 0.1) is 0 Å². The summed E-state index contributed by atoms with van der Waals surface area (Å²) in [6.07, 6.45) is 0. The van der Waals surface area contributed by atoms with E-state index < -0.39 is 0 Å². The van der Waals surface area contributed by atoms with Gasteiger partial charge < -0.3 is 10.2 Å². The maximum Gasteiger partial charge on any atom is 0.253 e. The molecule has 0 radical (unpaired) electrons. The zero-order valence-electron chi connectivity index (χ0n) is 8.56. The van der Waals surface area contributed by atoms with Crippen LogP contribution in [0.3, 0.4) is 0 Å². The number of para-hydroxylation sites is 2. The molecule has 0 saturated heterocycles. The van der Waals surface area contributed by atoms with Crippen LogP contribution in [0.5, 0.6) is 0 Å². The quantitative estimate of drug-likeness (QED) is 0.354. The molecule has 16 heavy (non-hydrogen) atoms. The van der Waals surface area contributed by atoms with E-state index >= 15 is 0 Å². The number of hydrazine groups is 1. The molecule has 1 aliphatic rings. The monoisotopic (exact) mass is 220 g/mol. The van der Waals surface area contributed by atoms with Gasteiger partial charge in [0.2, 0.25) is 5.91 Å². The summed E-state index contributed by atoms with van der Waals surface area (Å²) in [7, 11) is 0. The van der Waals surface area contributed by atoms with E-state index in [0.717, 1.165) is 5.69 Å². The summed E-state index contributed by atoms with van der Waals surface area (Å²) in [4.78, 5) is 24.3. The molecule has 1 aliphatic heterocycles. The topological polar surface area (TPSA) is 87.5 Å². The van der Waals surface area contributed by atoms with E-state index in [9.17, 15) is 9.59 Å². The summed E-state index contributed by atoms with van der Waals surface area (Å²) in [5, 5.41) is 2.74. The van der Waals surface area contributed by atoms with Crippen LogP contribution in [0.2, 0.25) is 0 Å². The number of benzene rings is 1. The predicted molar refractivity (Wildman–Crippen MR) is 59.6 cm³/mol. The first-order valence-electron chi connectivity index (χ1n) is 4.84. The second-order valence-electron chi connectivity index (χ2n) is 3.49. The Hall–Kier alpha value is -2.08. The summed E-state index contributed by atoms with van der Waals surface area (Å²) in [6, 6.07) is 7.31. The van der Waals surface area contributed by atoms with Crippen molar-refractivity contribution in [3.8, 4) is 0 Å². The molecule has 0 spiro atoms. The van der Waals surface area contributed by atoms with E-state index in [4.69, 9.17) is 5.84 Å². The lowest BCUT2D eigenvalue weighted by atomic mass is 10.2. The second-order valence-corrected chi connectivity index (χ2v) is 3.49. The molecule has 1 aromatic carbocycles. The number of fused-ring (bicyclic) bond motifs is 1. The van der Waals surface area contributed by atoms with Crippen LogP contribution in [0.4, 0.5) is 11.4 Å². The number of nitrogens with two attached hydrogens (primary N) is 1. The predicted octanol–water partition coefficient (Wildman–Crippen LogP) is -0.565. The molecule has 84 valence electrons. The Morgan fingerprint density at radius 1 is 1.50 bits per heavy atom. The van der Waals surface area contributed by atoms with Gasteiger partial charge in [0, 0.05) is 0 Å². The number of carbonyl (C=O) groups is 2. The number of hydrogen-bond donors (Lipinski definition) is 3. The van der Waals surface area contributed by atoms with Crippen molar-refractivity contribution in [3.05, 3.63) is 24.3 Å². The third-order valence-electron chi connectivity index (χ3n) is 2.35. The number of nitrogens with one attached hydrogen (secondary N) is 2. The van der Waals surface area contributed by atoms with Gasteiger partial charge in [-0.05, 0) is 12.1 Å². The first-order chi connectivity index (χ1) is 7.70. The molecular weight excluding hydrogens is 208 g/mol. The summed E-state index contributed by atoms with van der Waals surface area (Å²) >= 11 is 0. The van der Waals surface area contributed by atoms with Crippen molar-refractivity contribution in [1.82, 2.24) is 5.43 Å². The van der Waals surface area contributed by atoms with Crippen molar-refractivity contribution in [2.45, 2.75) is 0 Å². The molecule has 0 aliphatic carbocycles. The van der Waals surface area contributed by atoms with Gasteiger partial charge in [0.05, 0.1) is 24.5 Å².